The highest BCUT2D eigenvalue weighted by Gasteiger charge is 2.18. The third-order valence-electron chi connectivity index (χ3n) is 4.24. The standard InChI is InChI=1S/C18H23N7O/c1-2-3-10-15-23-16-17(25(15)26-12-7-6-11-21-24-20)13-8-4-5-9-14(13)22-18(16)19/h4-5,8-9H,2-3,6-7,10-12H2,1H3,(H2,19,22). The van der Waals surface area contributed by atoms with Crippen LogP contribution in [-0.4, -0.2) is 27.9 Å². The highest BCUT2D eigenvalue weighted by molar-refractivity contribution is 6.06. The van der Waals surface area contributed by atoms with E-state index in [1.807, 2.05) is 29.0 Å². The molecule has 0 bridgehead atoms. The Morgan fingerprint density at radius 2 is 2.08 bits per heavy atom. The maximum Gasteiger partial charge on any atom is 0.152 e. The van der Waals surface area contributed by atoms with Crippen molar-refractivity contribution in [3.63, 3.8) is 0 Å². The number of fused-ring (bicyclic) bond motifs is 3. The van der Waals surface area contributed by atoms with Crippen LogP contribution in [0.2, 0.25) is 0 Å². The molecule has 0 radical (unpaired) electrons. The van der Waals surface area contributed by atoms with E-state index in [4.69, 9.17) is 21.1 Å². The van der Waals surface area contributed by atoms with Crippen molar-refractivity contribution < 1.29 is 4.84 Å². The summed E-state index contributed by atoms with van der Waals surface area (Å²) in [5.41, 5.74) is 16.9. The van der Waals surface area contributed by atoms with Gasteiger partial charge in [0.05, 0.1) is 5.52 Å². The molecule has 2 N–H and O–H groups in total. The monoisotopic (exact) mass is 353 g/mol. The normalized spacial score (nSPS) is 11.0. The lowest BCUT2D eigenvalue weighted by molar-refractivity contribution is 0.109. The summed E-state index contributed by atoms with van der Waals surface area (Å²) in [5, 5.41) is 4.52. The van der Waals surface area contributed by atoms with Gasteiger partial charge in [-0.25, -0.2) is 9.97 Å². The van der Waals surface area contributed by atoms with E-state index in [0.29, 0.717) is 24.5 Å². The number of anilines is 1. The Hall–Kier alpha value is -2.99. The number of unbranched alkanes of at least 4 members (excludes halogenated alkanes) is 2. The zero-order valence-electron chi connectivity index (χ0n) is 14.9. The molecule has 0 aliphatic rings. The molecule has 8 nitrogen and oxygen atoms in total. The molecule has 0 amide bonds. The van der Waals surface area contributed by atoms with E-state index in [2.05, 4.69) is 21.9 Å². The molecule has 2 aromatic heterocycles. The van der Waals surface area contributed by atoms with E-state index in [1.54, 1.807) is 0 Å². The molecule has 0 fully saturated rings. The minimum absolute atomic E-state index is 0.419. The van der Waals surface area contributed by atoms with Crippen LogP contribution >= 0.6 is 0 Å². The van der Waals surface area contributed by atoms with E-state index in [0.717, 1.165) is 54.3 Å². The topological polar surface area (TPSA) is 115 Å². The van der Waals surface area contributed by atoms with Gasteiger partial charge in [0.15, 0.2) is 5.82 Å². The van der Waals surface area contributed by atoms with Gasteiger partial charge in [-0.05, 0) is 30.9 Å². The summed E-state index contributed by atoms with van der Waals surface area (Å²) in [6, 6.07) is 7.86. The lowest BCUT2D eigenvalue weighted by Gasteiger charge is -2.12. The van der Waals surface area contributed by atoms with E-state index in [1.165, 1.54) is 0 Å². The van der Waals surface area contributed by atoms with E-state index in [-0.39, 0.29) is 0 Å². The second kappa shape index (κ2) is 8.40. The summed E-state index contributed by atoms with van der Waals surface area (Å²) in [6.07, 6.45) is 4.49. The largest absolute Gasteiger partial charge is 0.412 e. The van der Waals surface area contributed by atoms with Crippen molar-refractivity contribution in [1.29, 1.82) is 0 Å². The van der Waals surface area contributed by atoms with Crippen molar-refractivity contribution in [2.45, 2.75) is 39.0 Å². The number of azide groups is 1. The molecule has 26 heavy (non-hydrogen) atoms. The molecule has 0 spiro atoms. The van der Waals surface area contributed by atoms with Crippen molar-refractivity contribution in [1.82, 2.24) is 14.7 Å². The van der Waals surface area contributed by atoms with Crippen molar-refractivity contribution >= 4 is 27.8 Å². The van der Waals surface area contributed by atoms with Gasteiger partial charge < -0.3 is 10.6 Å². The fourth-order valence-corrected chi connectivity index (χ4v) is 2.94. The molecular weight excluding hydrogens is 330 g/mol. The molecule has 0 aliphatic carbocycles. The number of nitrogens with zero attached hydrogens (tertiary/aromatic N) is 6. The molecule has 1 aromatic carbocycles. The number of hydrogen-bond acceptors (Lipinski definition) is 5. The highest BCUT2D eigenvalue weighted by atomic mass is 16.7. The van der Waals surface area contributed by atoms with E-state index >= 15 is 0 Å². The summed E-state index contributed by atoms with van der Waals surface area (Å²) in [5.74, 6) is 1.28. The van der Waals surface area contributed by atoms with Crippen LogP contribution in [0.25, 0.3) is 32.4 Å². The average molecular weight is 353 g/mol. The number of pyridine rings is 1. The van der Waals surface area contributed by atoms with E-state index < -0.39 is 0 Å². The number of aromatic nitrogens is 3. The van der Waals surface area contributed by atoms with Gasteiger partial charge in [0, 0.05) is 23.3 Å². The molecule has 0 atom stereocenters. The van der Waals surface area contributed by atoms with Crippen LogP contribution in [0, 0.1) is 0 Å². The van der Waals surface area contributed by atoms with Gasteiger partial charge in [0.25, 0.3) is 0 Å². The summed E-state index contributed by atoms with van der Waals surface area (Å²) < 4.78 is 1.82. The molecule has 0 unspecified atom stereocenters. The third-order valence-corrected chi connectivity index (χ3v) is 4.24. The number of para-hydroxylation sites is 1. The first-order valence-corrected chi connectivity index (χ1v) is 8.96. The number of benzene rings is 1. The van der Waals surface area contributed by atoms with Gasteiger partial charge in [0.2, 0.25) is 0 Å². The highest BCUT2D eigenvalue weighted by Crippen LogP contribution is 2.28. The number of nitrogens with two attached hydrogens (primary N) is 1. The molecular formula is C18H23N7O. The van der Waals surface area contributed by atoms with Crippen molar-refractivity contribution in [2.24, 2.45) is 5.11 Å². The van der Waals surface area contributed by atoms with Gasteiger partial charge >= 0.3 is 0 Å². The third kappa shape index (κ3) is 3.65. The molecule has 0 saturated carbocycles. The van der Waals surface area contributed by atoms with Crippen LogP contribution in [0.3, 0.4) is 0 Å². The van der Waals surface area contributed by atoms with E-state index in [9.17, 15) is 0 Å². The van der Waals surface area contributed by atoms with Crippen LogP contribution in [0.15, 0.2) is 29.4 Å². The predicted octanol–water partition coefficient (Wildman–Crippen LogP) is 4.03. The lowest BCUT2D eigenvalue weighted by atomic mass is 10.2. The summed E-state index contributed by atoms with van der Waals surface area (Å²) in [6.45, 7) is 3.14. The predicted molar refractivity (Wildman–Crippen MR) is 103 cm³/mol. The molecule has 0 saturated heterocycles. The Morgan fingerprint density at radius 3 is 2.88 bits per heavy atom. The minimum atomic E-state index is 0.419. The molecule has 3 aromatic rings. The summed E-state index contributed by atoms with van der Waals surface area (Å²) in [4.78, 5) is 18.0. The first-order valence-electron chi connectivity index (χ1n) is 8.96. The van der Waals surface area contributed by atoms with Crippen LogP contribution in [0.4, 0.5) is 5.82 Å². The lowest BCUT2D eigenvalue weighted by Crippen LogP contribution is -2.16. The molecule has 2 heterocycles. The smallest absolute Gasteiger partial charge is 0.152 e. The number of aryl methyl sites for hydroxylation is 1. The molecule has 3 rings (SSSR count). The first kappa shape index (κ1) is 17.8. The van der Waals surface area contributed by atoms with Gasteiger partial charge in [-0.15, -0.1) is 0 Å². The van der Waals surface area contributed by atoms with Gasteiger partial charge in [-0.1, -0.05) is 36.7 Å². The zero-order chi connectivity index (χ0) is 18.4. The number of hydrogen-bond donors (Lipinski definition) is 1. The quantitative estimate of drug-likeness (QED) is 0.270. The minimum Gasteiger partial charge on any atom is -0.412 e. The van der Waals surface area contributed by atoms with Crippen molar-refractivity contribution in [3.05, 3.63) is 40.5 Å². The zero-order valence-corrected chi connectivity index (χ0v) is 14.9. The van der Waals surface area contributed by atoms with Crippen molar-refractivity contribution in [3.8, 4) is 0 Å². The number of nitrogen functional groups attached to an aromatic ring is 1. The maximum atomic E-state index is 8.33. The number of rotatable bonds is 9. The molecule has 8 heteroatoms. The summed E-state index contributed by atoms with van der Waals surface area (Å²) in [7, 11) is 0. The Bertz CT molecular complexity index is 944. The van der Waals surface area contributed by atoms with Crippen LogP contribution in [-0.2, 0) is 6.42 Å². The second-order valence-corrected chi connectivity index (χ2v) is 6.13. The Balaban J connectivity index is 1.97. The summed E-state index contributed by atoms with van der Waals surface area (Å²) >= 11 is 0. The Morgan fingerprint density at radius 1 is 1.23 bits per heavy atom. The maximum absolute atomic E-state index is 8.33. The SMILES string of the molecule is CCCCc1nc2c(N)nc3ccccc3c2n1OCCCCN=[N+]=[N-]. The molecule has 0 aliphatic heterocycles. The second-order valence-electron chi connectivity index (χ2n) is 6.13. The number of imidazole rings is 1. The Labute approximate surface area is 151 Å². The fraction of sp³-hybridized carbons (Fsp3) is 0.444. The Kier molecular flexibility index (Phi) is 5.76. The molecule has 136 valence electrons. The van der Waals surface area contributed by atoms with Crippen LogP contribution in [0.1, 0.15) is 38.4 Å². The van der Waals surface area contributed by atoms with Crippen LogP contribution < -0.4 is 10.6 Å². The fourth-order valence-electron chi connectivity index (χ4n) is 2.94. The van der Waals surface area contributed by atoms with Gasteiger partial charge in [0.1, 0.15) is 23.5 Å². The van der Waals surface area contributed by atoms with Gasteiger partial charge in [-0.2, -0.15) is 4.73 Å². The van der Waals surface area contributed by atoms with Crippen molar-refractivity contribution in [2.75, 3.05) is 18.9 Å². The first-order chi connectivity index (χ1) is 12.8. The van der Waals surface area contributed by atoms with Crippen LogP contribution in [0.5, 0.6) is 0 Å². The van der Waals surface area contributed by atoms with Gasteiger partial charge in [-0.3, -0.25) is 0 Å². The average Bonchev–Trinajstić information content (AvgIpc) is 3.02.